The van der Waals surface area contributed by atoms with Crippen LogP contribution in [0, 0.1) is 0 Å². The molecule has 2 heterocycles. The van der Waals surface area contributed by atoms with Crippen molar-refractivity contribution in [3.05, 3.63) is 63.7 Å². The first-order valence-electron chi connectivity index (χ1n) is 12.1. The zero-order valence-corrected chi connectivity index (χ0v) is 21.6. The highest BCUT2D eigenvalue weighted by molar-refractivity contribution is 5.85. The van der Waals surface area contributed by atoms with Crippen LogP contribution in [-0.2, 0) is 23.4 Å². The average molecular weight is 567 g/mol. The lowest BCUT2D eigenvalue weighted by Crippen LogP contribution is -2.60. The van der Waals surface area contributed by atoms with Gasteiger partial charge in [0.2, 0.25) is 11.2 Å². The molecule has 0 aliphatic carbocycles. The van der Waals surface area contributed by atoms with E-state index in [1.807, 2.05) is 24.3 Å². The molecule has 0 radical (unpaired) electrons. The van der Waals surface area contributed by atoms with Crippen LogP contribution in [0.25, 0.3) is 0 Å². The van der Waals surface area contributed by atoms with Crippen LogP contribution >= 0.6 is 0 Å². The second kappa shape index (κ2) is 11.2. The van der Waals surface area contributed by atoms with Crippen molar-refractivity contribution in [1.82, 2.24) is 9.80 Å². The lowest BCUT2D eigenvalue weighted by molar-refractivity contribution is -0.345. The smallest absolute Gasteiger partial charge is 0.460 e. The third-order valence-corrected chi connectivity index (χ3v) is 6.34. The van der Waals surface area contributed by atoms with Gasteiger partial charge in [-0.3, -0.25) is 14.5 Å². The molecule has 0 spiro atoms. The second-order valence-electron chi connectivity index (χ2n) is 10.4. The minimum atomic E-state index is -6.59. The summed E-state index contributed by atoms with van der Waals surface area (Å²) in [6.07, 6.45) is -5.43. The fraction of sp³-hybridized carbons (Fsp3) is 0.538. The highest BCUT2D eigenvalue weighted by Gasteiger charge is 2.76. The number of amides is 1. The van der Waals surface area contributed by atoms with E-state index in [2.05, 4.69) is 20.8 Å². The number of benzene rings is 1. The summed E-state index contributed by atoms with van der Waals surface area (Å²) in [6, 6.07) is 8.92. The summed E-state index contributed by atoms with van der Waals surface area (Å²) in [5.41, 5.74) is 1.51. The van der Waals surface area contributed by atoms with Crippen molar-refractivity contribution >= 4 is 5.91 Å². The maximum absolute atomic E-state index is 13.8. The van der Waals surface area contributed by atoms with Gasteiger partial charge in [0.1, 0.15) is 18.6 Å². The van der Waals surface area contributed by atoms with Gasteiger partial charge in [-0.05, 0) is 23.0 Å². The monoisotopic (exact) mass is 566 g/mol. The van der Waals surface area contributed by atoms with E-state index < -0.39 is 42.4 Å². The summed E-state index contributed by atoms with van der Waals surface area (Å²) in [5.74, 6) is -14.9. The number of hydrogen-bond donors (Lipinski definition) is 0. The van der Waals surface area contributed by atoms with Gasteiger partial charge in [-0.2, -0.15) is 30.7 Å². The van der Waals surface area contributed by atoms with Crippen molar-refractivity contribution in [3.63, 3.8) is 0 Å². The van der Waals surface area contributed by atoms with E-state index in [0.29, 0.717) is 4.90 Å². The molecule has 0 N–H and O–H groups in total. The molecule has 216 valence electrons. The summed E-state index contributed by atoms with van der Waals surface area (Å²) < 4.78 is 103. The number of hydrogen-bond acceptors (Lipinski definition) is 5. The molecule has 0 unspecified atom stereocenters. The third kappa shape index (κ3) is 6.92. The maximum atomic E-state index is 13.8. The Kier molecular flexibility index (Phi) is 8.73. The standard InChI is InChI=1S/C26H29F7N2O4/c1-23(2,3)18-7-5-17(6-8-18)15-39-21-16-38-19(13-20(21)36)14-34-9-4-10-35(12-11-34)22(37)24(27,28)25(29,30)26(31,32)33/h5-8,13,16H,4,9-12,14-15H2,1-3H3. The van der Waals surface area contributed by atoms with Gasteiger partial charge < -0.3 is 14.1 Å². The first-order valence-corrected chi connectivity index (χ1v) is 12.1. The van der Waals surface area contributed by atoms with Gasteiger partial charge in [0.05, 0.1) is 6.54 Å². The highest BCUT2D eigenvalue weighted by Crippen LogP contribution is 2.47. The van der Waals surface area contributed by atoms with Gasteiger partial charge in [0.15, 0.2) is 0 Å². The molecule has 39 heavy (non-hydrogen) atoms. The van der Waals surface area contributed by atoms with Crippen LogP contribution in [0.15, 0.2) is 45.8 Å². The summed E-state index contributed by atoms with van der Waals surface area (Å²) in [4.78, 5) is 26.3. The van der Waals surface area contributed by atoms with E-state index in [1.54, 1.807) is 4.90 Å². The van der Waals surface area contributed by atoms with Crippen molar-refractivity contribution in [2.45, 2.75) is 63.8 Å². The fourth-order valence-electron chi connectivity index (χ4n) is 3.95. The van der Waals surface area contributed by atoms with Crippen molar-refractivity contribution in [2.75, 3.05) is 26.2 Å². The van der Waals surface area contributed by atoms with Gasteiger partial charge >= 0.3 is 18.0 Å². The molecule has 0 bridgehead atoms. The van der Waals surface area contributed by atoms with Crippen molar-refractivity contribution < 1.29 is 44.7 Å². The van der Waals surface area contributed by atoms with Gasteiger partial charge in [-0.15, -0.1) is 0 Å². The Morgan fingerprint density at radius 1 is 0.949 bits per heavy atom. The molecule has 1 aliphatic rings. The van der Waals surface area contributed by atoms with Crippen LogP contribution < -0.4 is 10.2 Å². The molecule has 13 heteroatoms. The summed E-state index contributed by atoms with van der Waals surface area (Å²) in [6.45, 7) is 5.53. The Morgan fingerprint density at radius 2 is 1.59 bits per heavy atom. The van der Waals surface area contributed by atoms with Gasteiger partial charge in [0.25, 0.3) is 5.91 Å². The van der Waals surface area contributed by atoms with Gasteiger partial charge in [0, 0.05) is 32.2 Å². The second-order valence-corrected chi connectivity index (χ2v) is 10.4. The van der Waals surface area contributed by atoms with Crippen LogP contribution in [0.2, 0.25) is 0 Å². The third-order valence-electron chi connectivity index (χ3n) is 6.34. The Bertz CT molecular complexity index is 1200. The van der Waals surface area contributed by atoms with Crippen LogP contribution in [0.1, 0.15) is 44.1 Å². The fourth-order valence-corrected chi connectivity index (χ4v) is 3.95. The average Bonchev–Trinajstić information content (AvgIpc) is 3.07. The molecule has 3 rings (SSSR count). The highest BCUT2D eigenvalue weighted by atomic mass is 19.4. The van der Waals surface area contributed by atoms with E-state index in [9.17, 15) is 40.3 Å². The summed E-state index contributed by atoms with van der Waals surface area (Å²) >= 11 is 0. The molecule has 1 aliphatic heterocycles. The molecule has 0 saturated carbocycles. The summed E-state index contributed by atoms with van der Waals surface area (Å²) in [5, 5.41) is 0. The Morgan fingerprint density at radius 3 is 2.15 bits per heavy atom. The molecule has 0 atom stereocenters. The van der Waals surface area contributed by atoms with Crippen molar-refractivity contribution in [3.8, 4) is 5.75 Å². The van der Waals surface area contributed by atoms with Crippen molar-refractivity contribution in [2.24, 2.45) is 0 Å². The number of nitrogens with zero attached hydrogens (tertiary/aromatic N) is 2. The molecular weight excluding hydrogens is 537 g/mol. The molecule has 2 aromatic rings. The predicted octanol–water partition coefficient (Wildman–Crippen LogP) is 5.38. The molecule has 6 nitrogen and oxygen atoms in total. The Balaban J connectivity index is 1.58. The Hall–Kier alpha value is -3.09. The Labute approximate surface area is 220 Å². The minimum absolute atomic E-state index is 0.00958. The maximum Gasteiger partial charge on any atom is 0.460 e. The first kappa shape index (κ1) is 30.5. The number of ether oxygens (including phenoxy) is 1. The van der Waals surface area contributed by atoms with Crippen LogP contribution in [0.5, 0.6) is 5.75 Å². The SMILES string of the molecule is CC(C)(C)c1ccc(COc2coc(CN3CCCN(C(=O)C(F)(F)C(F)(F)C(F)(F)F)CC3)cc2=O)cc1. The lowest BCUT2D eigenvalue weighted by atomic mass is 9.87. The molecule has 1 aromatic heterocycles. The summed E-state index contributed by atoms with van der Waals surface area (Å²) in [7, 11) is 0. The van der Waals surface area contributed by atoms with Crippen molar-refractivity contribution in [1.29, 1.82) is 0 Å². The van der Waals surface area contributed by atoms with Crippen LogP contribution in [0.3, 0.4) is 0 Å². The van der Waals surface area contributed by atoms with Crippen LogP contribution in [0.4, 0.5) is 30.7 Å². The quantitative estimate of drug-likeness (QED) is 0.421. The number of carbonyl (C=O) groups excluding carboxylic acids is 1. The number of alkyl halides is 7. The minimum Gasteiger partial charge on any atom is -0.482 e. The predicted molar refractivity (Wildman–Crippen MR) is 127 cm³/mol. The van der Waals surface area contributed by atoms with E-state index in [0.717, 1.165) is 17.4 Å². The van der Waals surface area contributed by atoms with Crippen LogP contribution in [-0.4, -0.2) is 59.9 Å². The molecule has 1 amide bonds. The zero-order chi connectivity index (χ0) is 29.2. The number of halogens is 7. The first-order chi connectivity index (χ1) is 17.9. The van der Waals surface area contributed by atoms with Gasteiger partial charge in [-0.1, -0.05) is 45.0 Å². The number of carbonyl (C=O) groups is 1. The number of rotatable bonds is 7. The molecule has 1 fully saturated rings. The van der Waals surface area contributed by atoms with Gasteiger partial charge in [-0.25, -0.2) is 0 Å². The molecular formula is C26H29F7N2O4. The van der Waals surface area contributed by atoms with E-state index >= 15 is 0 Å². The normalized spacial score (nSPS) is 16.2. The van der Waals surface area contributed by atoms with E-state index in [1.165, 1.54) is 6.07 Å². The molecule has 1 aromatic carbocycles. The largest absolute Gasteiger partial charge is 0.482 e. The zero-order valence-electron chi connectivity index (χ0n) is 21.6. The molecule has 1 saturated heterocycles. The van der Waals surface area contributed by atoms with E-state index in [-0.39, 0.29) is 49.6 Å². The van der Waals surface area contributed by atoms with E-state index in [4.69, 9.17) is 9.15 Å². The lowest BCUT2D eigenvalue weighted by Gasteiger charge is -2.31. The topological polar surface area (TPSA) is 63.0 Å².